The number of thiazole rings is 1. The molecule has 0 saturated heterocycles. The molecule has 0 bridgehead atoms. The van der Waals surface area contributed by atoms with Gasteiger partial charge < -0.3 is 11.1 Å². The van der Waals surface area contributed by atoms with Gasteiger partial charge in [0.15, 0.2) is 5.13 Å². The number of aromatic nitrogens is 4. The molecule has 1 amide bonds. The number of nitrogens with two attached hydrogens (primary N) is 1. The Bertz CT molecular complexity index is 1450. The summed E-state index contributed by atoms with van der Waals surface area (Å²) < 4.78 is 5.04. The SMILES string of the molecule is Cc1nc(Nc2s[nH]c(=O)c2C(N)=NC(C)CBr)sc1C(=O)N1CC(C)c2c1ncc1[n+]2CCC(Br)C1. The summed E-state index contributed by atoms with van der Waals surface area (Å²) in [7, 11) is 0. The molecule has 5 heterocycles. The van der Waals surface area contributed by atoms with Gasteiger partial charge in [-0.25, -0.2) is 9.97 Å². The third-order valence-electron chi connectivity index (χ3n) is 6.47. The fourth-order valence-electron chi connectivity index (χ4n) is 4.72. The number of aliphatic imine (C=N–C) groups is 1. The summed E-state index contributed by atoms with van der Waals surface area (Å²) in [6, 6.07) is -0.0810. The Morgan fingerprint density at radius 3 is 3.03 bits per heavy atom. The molecule has 0 aliphatic carbocycles. The van der Waals surface area contributed by atoms with Gasteiger partial charge in [0.1, 0.15) is 27.8 Å². The molecule has 196 valence electrons. The van der Waals surface area contributed by atoms with Crippen LogP contribution >= 0.6 is 54.7 Å². The number of alkyl halides is 2. The molecular weight excluding hydrogens is 644 g/mol. The first kappa shape index (κ1) is 26.4. The molecule has 0 radical (unpaired) electrons. The average Bonchev–Trinajstić information content (AvgIpc) is 3.53. The van der Waals surface area contributed by atoms with Crippen molar-refractivity contribution < 1.29 is 9.36 Å². The highest BCUT2D eigenvalue weighted by Crippen LogP contribution is 2.36. The summed E-state index contributed by atoms with van der Waals surface area (Å²) in [6.45, 7) is 7.35. The van der Waals surface area contributed by atoms with Crippen LogP contribution in [0.25, 0.3) is 0 Å². The van der Waals surface area contributed by atoms with Crippen LogP contribution in [-0.2, 0) is 13.0 Å². The van der Waals surface area contributed by atoms with Crippen LogP contribution in [0.3, 0.4) is 0 Å². The number of nitrogens with zero attached hydrogens (tertiary/aromatic N) is 5. The fourth-order valence-corrected chi connectivity index (χ4v) is 7.13. The monoisotopic (exact) mass is 669 g/mol. The van der Waals surface area contributed by atoms with Crippen LogP contribution < -0.4 is 26.1 Å². The molecule has 37 heavy (non-hydrogen) atoms. The maximum atomic E-state index is 13.7. The molecule has 0 aromatic carbocycles. The van der Waals surface area contributed by atoms with Gasteiger partial charge in [-0.3, -0.25) is 23.9 Å². The minimum absolute atomic E-state index is 0.0810. The predicted molar refractivity (Wildman–Crippen MR) is 155 cm³/mol. The molecule has 5 rings (SSSR count). The Labute approximate surface area is 238 Å². The lowest BCUT2D eigenvalue weighted by Crippen LogP contribution is -2.48. The summed E-state index contributed by atoms with van der Waals surface area (Å²) in [4.78, 5) is 42.5. The number of amides is 1. The van der Waals surface area contributed by atoms with Crippen molar-refractivity contribution in [3.8, 4) is 0 Å². The van der Waals surface area contributed by atoms with Gasteiger partial charge in [-0.2, -0.15) is 4.57 Å². The van der Waals surface area contributed by atoms with E-state index < -0.39 is 0 Å². The summed E-state index contributed by atoms with van der Waals surface area (Å²) in [5, 5.41) is 4.81. The molecule has 3 aromatic rings. The van der Waals surface area contributed by atoms with E-state index in [-0.39, 0.29) is 34.8 Å². The topological polar surface area (TPSA) is 133 Å². The van der Waals surface area contributed by atoms with E-state index in [1.807, 2.05) is 20.0 Å². The first-order valence-electron chi connectivity index (χ1n) is 11.9. The highest BCUT2D eigenvalue weighted by atomic mass is 79.9. The molecule has 10 nitrogen and oxygen atoms in total. The molecule has 2 aliphatic heterocycles. The number of aromatic amines is 1. The molecular formula is C23H27Br2N8O2S2+. The first-order chi connectivity index (χ1) is 17.7. The van der Waals surface area contributed by atoms with E-state index in [4.69, 9.17) is 10.7 Å². The van der Waals surface area contributed by atoms with E-state index in [1.165, 1.54) is 17.0 Å². The van der Waals surface area contributed by atoms with Crippen molar-refractivity contribution in [2.45, 2.75) is 56.9 Å². The Kier molecular flexibility index (Phi) is 7.53. The quantitative estimate of drug-likeness (QED) is 0.159. The van der Waals surface area contributed by atoms with Gasteiger partial charge in [-0.1, -0.05) is 50.1 Å². The number of fused-ring (bicyclic) bond motifs is 3. The number of halogens is 2. The zero-order chi connectivity index (χ0) is 26.4. The van der Waals surface area contributed by atoms with E-state index in [9.17, 15) is 9.59 Å². The minimum Gasteiger partial charge on any atom is -0.383 e. The maximum absolute atomic E-state index is 13.7. The predicted octanol–water partition coefficient (Wildman–Crippen LogP) is 3.59. The number of aryl methyl sites for hydroxylation is 1. The van der Waals surface area contributed by atoms with E-state index in [1.54, 1.807) is 4.90 Å². The number of hydrogen-bond acceptors (Lipinski definition) is 8. The molecule has 0 fully saturated rings. The van der Waals surface area contributed by atoms with Gasteiger partial charge >= 0.3 is 0 Å². The van der Waals surface area contributed by atoms with Crippen molar-refractivity contribution in [2.24, 2.45) is 10.7 Å². The normalized spacial score (nSPS) is 20.0. The van der Waals surface area contributed by atoms with Crippen LogP contribution in [0.2, 0.25) is 0 Å². The second-order valence-corrected chi connectivity index (χ2v) is 13.1. The number of nitrogens with one attached hydrogen (secondary N) is 2. The second-order valence-electron chi connectivity index (χ2n) is 9.33. The van der Waals surface area contributed by atoms with Crippen molar-refractivity contribution in [3.05, 3.63) is 44.1 Å². The minimum atomic E-state index is -0.319. The Hall–Kier alpha value is -2.16. The lowest BCUT2D eigenvalue weighted by atomic mass is 10.1. The lowest BCUT2D eigenvalue weighted by molar-refractivity contribution is -0.716. The van der Waals surface area contributed by atoms with Crippen LogP contribution in [0.5, 0.6) is 0 Å². The molecule has 0 saturated carbocycles. The lowest BCUT2D eigenvalue weighted by Gasteiger charge is -2.18. The van der Waals surface area contributed by atoms with Gasteiger partial charge in [-0.15, -0.1) is 0 Å². The number of carbonyl (C=O) groups excluding carboxylic acids is 1. The van der Waals surface area contributed by atoms with E-state index in [0.717, 1.165) is 42.4 Å². The van der Waals surface area contributed by atoms with Crippen molar-refractivity contribution in [1.82, 2.24) is 14.3 Å². The van der Waals surface area contributed by atoms with E-state index in [2.05, 4.69) is 63.0 Å². The zero-order valence-electron chi connectivity index (χ0n) is 20.5. The molecule has 3 atom stereocenters. The number of hydrogen-bond donors (Lipinski definition) is 3. The van der Waals surface area contributed by atoms with Crippen LogP contribution in [-0.4, -0.2) is 48.8 Å². The average molecular weight is 671 g/mol. The van der Waals surface area contributed by atoms with E-state index >= 15 is 0 Å². The summed E-state index contributed by atoms with van der Waals surface area (Å²) in [5.74, 6) is 0.952. The van der Waals surface area contributed by atoms with E-state index in [0.29, 0.717) is 37.4 Å². The van der Waals surface area contributed by atoms with Crippen molar-refractivity contribution in [1.29, 1.82) is 0 Å². The number of H-pyrrole nitrogens is 1. The molecule has 3 unspecified atom stereocenters. The van der Waals surface area contributed by atoms with Crippen LogP contribution in [0, 0.1) is 6.92 Å². The number of amidine groups is 1. The second kappa shape index (κ2) is 10.5. The largest absolute Gasteiger partial charge is 0.383 e. The number of anilines is 3. The van der Waals surface area contributed by atoms with Gasteiger partial charge in [-0.05, 0) is 25.4 Å². The van der Waals surface area contributed by atoms with Gasteiger partial charge in [0.2, 0.25) is 17.2 Å². The Morgan fingerprint density at radius 1 is 1.49 bits per heavy atom. The molecule has 4 N–H and O–H groups in total. The summed E-state index contributed by atoms with van der Waals surface area (Å²) in [5.41, 5.74) is 9.03. The van der Waals surface area contributed by atoms with Crippen LogP contribution in [0.1, 0.15) is 58.5 Å². The molecule has 14 heteroatoms. The van der Waals surface area contributed by atoms with Crippen molar-refractivity contribution in [2.75, 3.05) is 22.1 Å². The molecule has 0 spiro atoms. The van der Waals surface area contributed by atoms with Crippen molar-refractivity contribution >= 4 is 82.4 Å². The number of rotatable bonds is 6. The smallest absolute Gasteiger partial charge is 0.271 e. The Balaban J connectivity index is 1.42. The third kappa shape index (κ3) is 5.00. The third-order valence-corrected chi connectivity index (χ3v) is 10.1. The zero-order valence-corrected chi connectivity index (χ0v) is 25.4. The maximum Gasteiger partial charge on any atom is 0.271 e. The highest BCUT2D eigenvalue weighted by Gasteiger charge is 2.42. The standard InChI is InChI=1S/C23H26Br2N8O2S2/c1-10-9-33(19-16(10)32-5-4-13(25)6-14(32)8-27-19)22(35)17-12(3)29-23(36-17)30-21-15(20(34)31-37-21)18(26)28-11(2)7-24/h8,10-11,13H,4-7,9H2,1-3H3,(H3-,26,28,29,30,31,34,35)/p+1. The molecule has 2 aliphatic rings. The van der Waals surface area contributed by atoms with Crippen LogP contribution in [0.15, 0.2) is 16.0 Å². The molecule has 3 aromatic heterocycles. The summed E-state index contributed by atoms with van der Waals surface area (Å²) >= 11 is 9.47. The van der Waals surface area contributed by atoms with Gasteiger partial charge in [0, 0.05) is 29.5 Å². The fraction of sp³-hybridized carbons (Fsp3) is 0.478. The Morgan fingerprint density at radius 2 is 2.27 bits per heavy atom. The summed E-state index contributed by atoms with van der Waals surface area (Å²) in [6.07, 6.45) is 3.88. The highest BCUT2D eigenvalue weighted by molar-refractivity contribution is 9.09. The van der Waals surface area contributed by atoms with Crippen molar-refractivity contribution in [3.63, 3.8) is 0 Å². The van der Waals surface area contributed by atoms with Gasteiger partial charge in [0.05, 0.1) is 23.9 Å². The van der Waals surface area contributed by atoms with Crippen LogP contribution in [0.4, 0.5) is 16.0 Å². The first-order valence-corrected chi connectivity index (χ1v) is 15.6. The van der Waals surface area contributed by atoms with Gasteiger partial charge in [0.25, 0.3) is 11.5 Å². The number of carbonyl (C=O) groups is 1.